The van der Waals surface area contributed by atoms with E-state index in [0.717, 1.165) is 11.1 Å². The molecule has 4 aliphatic heterocycles. The fourth-order valence-electron chi connectivity index (χ4n) is 4.79. The van der Waals surface area contributed by atoms with Crippen LogP contribution in [0.1, 0.15) is 24.1 Å². The van der Waals surface area contributed by atoms with Crippen LogP contribution in [0.5, 0.6) is 0 Å². The van der Waals surface area contributed by atoms with E-state index in [2.05, 4.69) is 11.0 Å². The number of rotatable bonds is 1. The molecule has 5 nitrogen and oxygen atoms in total. The second-order valence-electron chi connectivity index (χ2n) is 6.74. The van der Waals surface area contributed by atoms with Crippen molar-refractivity contribution in [2.45, 2.75) is 31.4 Å². The highest BCUT2D eigenvalue weighted by molar-refractivity contribution is 5.91. The summed E-state index contributed by atoms with van der Waals surface area (Å²) in [5.74, 6) is -0.332. The maximum atomic E-state index is 12.9. The van der Waals surface area contributed by atoms with Crippen LogP contribution in [-0.4, -0.2) is 41.5 Å². The SMILES string of the molecule is CC(=O)[C@@H]1[C@H]2[C@H](C(=O)[C@@H]3OC[C@H]2O3)[C@H]2c3ccccc3C=CN12. The van der Waals surface area contributed by atoms with E-state index in [4.69, 9.17) is 9.47 Å². The van der Waals surface area contributed by atoms with E-state index in [-0.39, 0.29) is 41.6 Å². The number of carbonyl (C=O) groups is 2. The maximum Gasteiger partial charge on any atom is 0.218 e. The van der Waals surface area contributed by atoms with E-state index < -0.39 is 6.29 Å². The lowest BCUT2D eigenvalue weighted by Gasteiger charge is -2.34. The van der Waals surface area contributed by atoms with Crippen molar-refractivity contribution in [3.05, 3.63) is 41.6 Å². The number of Topliss-reactive ketones (excluding diaryl/α,β-unsaturated/α-hetero) is 2. The molecule has 5 heteroatoms. The van der Waals surface area contributed by atoms with Crippen LogP contribution in [0.3, 0.4) is 0 Å². The minimum atomic E-state index is -0.758. The highest BCUT2D eigenvalue weighted by Crippen LogP contribution is 2.54. The summed E-state index contributed by atoms with van der Waals surface area (Å²) in [5, 5.41) is 0. The van der Waals surface area contributed by atoms with Crippen LogP contribution in [0.25, 0.3) is 6.08 Å². The van der Waals surface area contributed by atoms with Crippen LogP contribution in [-0.2, 0) is 19.1 Å². The third-order valence-electron chi connectivity index (χ3n) is 5.62. The Kier molecular flexibility index (Phi) is 2.65. The predicted molar refractivity (Wildman–Crippen MR) is 81.1 cm³/mol. The van der Waals surface area contributed by atoms with Gasteiger partial charge in [0, 0.05) is 12.1 Å². The summed E-state index contributed by atoms with van der Waals surface area (Å²) in [7, 11) is 0. The Balaban J connectivity index is 1.70. The zero-order valence-electron chi connectivity index (χ0n) is 12.7. The van der Waals surface area contributed by atoms with Crippen molar-refractivity contribution in [3.63, 3.8) is 0 Å². The first-order valence-corrected chi connectivity index (χ1v) is 8.02. The molecular weight excluding hydrogens is 294 g/mol. The number of fused-ring (bicyclic) bond motifs is 8. The molecule has 0 aromatic heterocycles. The van der Waals surface area contributed by atoms with E-state index in [9.17, 15) is 9.59 Å². The molecular formula is C18H17NO4. The molecule has 1 aromatic carbocycles. The van der Waals surface area contributed by atoms with Gasteiger partial charge in [0.2, 0.25) is 6.29 Å². The first kappa shape index (κ1) is 13.5. The van der Waals surface area contributed by atoms with Crippen LogP contribution in [0.4, 0.5) is 0 Å². The van der Waals surface area contributed by atoms with Gasteiger partial charge in [-0.05, 0) is 24.1 Å². The van der Waals surface area contributed by atoms with E-state index in [1.54, 1.807) is 6.92 Å². The topological polar surface area (TPSA) is 55.8 Å². The molecule has 0 radical (unpaired) electrons. The molecule has 0 saturated carbocycles. The second kappa shape index (κ2) is 4.52. The molecule has 0 aliphatic carbocycles. The number of nitrogens with zero attached hydrogens (tertiary/aromatic N) is 1. The standard InChI is InChI=1S/C18H17NO4/c1-9(20)15-13-12-8-22-18(23-12)17(21)14(13)16-11-5-3-2-4-10(11)6-7-19(15)16/h2-7,12-16,18H,8H2,1H3/t12-,13-,14+,15-,16-,18-/m1/s1. The van der Waals surface area contributed by atoms with E-state index in [1.807, 2.05) is 30.5 Å². The molecule has 5 rings (SSSR count). The molecule has 3 saturated heterocycles. The summed E-state index contributed by atoms with van der Waals surface area (Å²) in [5.41, 5.74) is 2.23. The van der Waals surface area contributed by atoms with Gasteiger partial charge in [0.05, 0.1) is 30.7 Å². The van der Waals surface area contributed by atoms with Crippen LogP contribution >= 0.6 is 0 Å². The van der Waals surface area contributed by atoms with Crippen LogP contribution in [0.2, 0.25) is 0 Å². The number of carbonyl (C=O) groups excluding carboxylic acids is 2. The van der Waals surface area contributed by atoms with Gasteiger partial charge in [-0.2, -0.15) is 0 Å². The van der Waals surface area contributed by atoms with Crippen molar-refractivity contribution < 1.29 is 19.1 Å². The van der Waals surface area contributed by atoms with Gasteiger partial charge in [-0.1, -0.05) is 24.3 Å². The van der Waals surface area contributed by atoms with Crippen molar-refractivity contribution in [3.8, 4) is 0 Å². The van der Waals surface area contributed by atoms with Crippen molar-refractivity contribution >= 4 is 17.6 Å². The van der Waals surface area contributed by atoms with Gasteiger partial charge in [0.15, 0.2) is 11.6 Å². The minimum Gasteiger partial charge on any atom is -0.359 e. The van der Waals surface area contributed by atoms with Gasteiger partial charge in [0.25, 0.3) is 0 Å². The number of hydrogen-bond acceptors (Lipinski definition) is 5. The third kappa shape index (κ3) is 1.64. The van der Waals surface area contributed by atoms with E-state index in [0.29, 0.717) is 6.61 Å². The Hall–Kier alpha value is -1.98. The fourth-order valence-corrected chi connectivity index (χ4v) is 4.79. The summed E-state index contributed by atoms with van der Waals surface area (Å²) >= 11 is 0. The lowest BCUT2D eigenvalue weighted by molar-refractivity contribution is -0.165. The van der Waals surface area contributed by atoms with Crippen molar-refractivity contribution in [1.82, 2.24) is 4.90 Å². The molecule has 118 valence electrons. The Morgan fingerprint density at radius 1 is 1.30 bits per heavy atom. The fraction of sp³-hybridized carbons (Fsp3) is 0.444. The molecule has 1 aromatic rings. The van der Waals surface area contributed by atoms with Crippen LogP contribution in [0.15, 0.2) is 30.5 Å². The van der Waals surface area contributed by atoms with Crippen molar-refractivity contribution in [2.24, 2.45) is 11.8 Å². The zero-order valence-corrected chi connectivity index (χ0v) is 12.7. The first-order valence-electron chi connectivity index (χ1n) is 8.02. The first-order chi connectivity index (χ1) is 11.2. The molecule has 2 bridgehead atoms. The summed E-state index contributed by atoms with van der Waals surface area (Å²) in [6.07, 6.45) is 3.06. The van der Waals surface area contributed by atoms with Gasteiger partial charge in [-0.15, -0.1) is 0 Å². The molecule has 23 heavy (non-hydrogen) atoms. The quantitative estimate of drug-likeness (QED) is 0.787. The Morgan fingerprint density at radius 2 is 2.13 bits per heavy atom. The molecule has 0 N–H and O–H groups in total. The monoisotopic (exact) mass is 311 g/mol. The van der Waals surface area contributed by atoms with Gasteiger partial charge in [-0.25, -0.2) is 0 Å². The second-order valence-corrected chi connectivity index (χ2v) is 6.74. The molecule has 6 atom stereocenters. The van der Waals surface area contributed by atoms with Crippen molar-refractivity contribution in [2.75, 3.05) is 6.61 Å². The molecule has 0 amide bonds. The molecule has 4 aliphatic rings. The number of ether oxygens (including phenoxy) is 2. The highest BCUT2D eigenvalue weighted by atomic mass is 16.7. The smallest absolute Gasteiger partial charge is 0.218 e. The molecule has 0 spiro atoms. The highest BCUT2D eigenvalue weighted by Gasteiger charge is 2.63. The molecule has 0 unspecified atom stereocenters. The summed E-state index contributed by atoms with van der Waals surface area (Å²) in [6, 6.07) is 7.66. The number of benzene rings is 1. The molecule has 3 fully saturated rings. The maximum absolute atomic E-state index is 12.9. The van der Waals surface area contributed by atoms with Crippen LogP contribution in [0, 0.1) is 11.8 Å². The summed E-state index contributed by atoms with van der Waals surface area (Å²) in [6.45, 7) is 2.00. The predicted octanol–water partition coefficient (Wildman–Crippen LogP) is 1.54. The van der Waals surface area contributed by atoms with Crippen molar-refractivity contribution in [1.29, 1.82) is 0 Å². The largest absolute Gasteiger partial charge is 0.359 e. The van der Waals surface area contributed by atoms with E-state index in [1.165, 1.54) is 0 Å². The average molecular weight is 311 g/mol. The van der Waals surface area contributed by atoms with Crippen LogP contribution < -0.4 is 0 Å². The lowest BCUT2D eigenvalue weighted by Crippen LogP contribution is -2.47. The van der Waals surface area contributed by atoms with Gasteiger partial charge >= 0.3 is 0 Å². The Labute approximate surface area is 133 Å². The zero-order chi connectivity index (χ0) is 15.7. The normalized spacial score (nSPS) is 39.9. The van der Waals surface area contributed by atoms with E-state index >= 15 is 0 Å². The summed E-state index contributed by atoms with van der Waals surface area (Å²) < 4.78 is 11.2. The Morgan fingerprint density at radius 3 is 2.96 bits per heavy atom. The summed E-state index contributed by atoms with van der Waals surface area (Å²) in [4.78, 5) is 27.3. The van der Waals surface area contributed by atoms with Gasteiger partial charge in [-0.3, -0.25) is 9.59 Å². The van der Waals surface area contributed by atoms with Gasteiger partial charge < -0.3 is 14.4 Å². The average Bonchev–Trinajstić information content (AvgIpc) is 3.13. The minimum absolute atomic E-state index is 0.0207. The van der Waals surface area contributed by atoms with Gasteiger partial charge in [0.1, 0.15) is 0 Å². The number of ketones is 2. The third-order valence-corrected chi connectivity index (χ3v) is 5.62. The Bertz CT molecular complexity index is 742. The number of hydrogen-bond donors (Lipinski definition) is 0. The molecule has 4 heterocycles. The lowest BCUT2D eigenvalue weighted by atomic mass is 9.76.